The Morgan fingerprint density at radius 3 is 1.40 bits per heavy atom. The highest BCUT2D eigenvalue weighted by atomic mass is 31.1. The first kappa shape index (κ1) is 20.7. The van der Waals surface area contributed by atoms with Gasteiger partial charge in [0.2, 0.25) is 0 Å². The monoisotopic (exact) mass is 380 g/mol. The lowest BCUT2D eigenvalue weighted by Crippen LogP contribution is -2.26. The van der Waals surface area contributed by atoms with E-state index in [-0.39, 0.29) is 5.82 Å². The van der Waals surface area contributed by atoms with Gasteiger partial charge in [0, 0.05) is 7.92 Å². The number of hydrogen-bond acceptors (Lipinski definition) is 0. The van der Waals surface area contributed by atoms with Crippen molar-refractivity contribution in [2.24, 2.45) is 0 Å². The lowest BCUT2D eigenvalue weighted by molar-refractivity contribution is 0.368. The molecular weight excluding hydrogens is 353 g/mol. The topological polar surface area (TPSA) is 0 Å². The van der Waals surface area contributed by atoms with Crippen LogP contribution < -0.4 is 5.30 Å². The number of hydrogen-bond donors (Lipinski definition) is 0. The first-order valence-corrected chi connectivity index (χ1v) is 11.0. The molecule has 142 valence electrons. The highest BCUT2D eigenvalue weighted by molar-refractivity contribution is 7.67. The average Bonchev–Trinajstić information content (AvgIpc) is 2.57. The van der Waals surface area contributed by atoms with E-state index in [2.05, 4.69) is 12.1 Å². The third kappa shape index (κ3) is 7.64. The van der Waals surface area contributed by atoms with Gasteiger partial charge >= 0.3 is 7.25 Å². The maximum absolute atomic E-state index is 13.2. The van der Waals surface area contributed by atoms with Crippen molar-refractivity contribution in [1.82, 2.24) is 0 Å². The minimum atomic E-state index is -6.00. The van der Waals surface area contributed by atoms with Gasteiger partial charge in [-0.15, -0.1) is 0 Å². The van der Waals surface area contributed by atoms with Gasteiger partial charge in [-0.3, -0.25) is 0 Å². The molecule has 0 radical (unpaired) electrons. The summed E-state index contributed by atoms with van der Waals surface area (Å²) in [7, 11) is -6.51. The molecule has 0 bridgehead atoms. The summed E-state index contributed by atoms with van der Waals surface area (Å²) in [5.41, 5.74) is 1.89. The van der Waals surface area contributed by atoms with Gasteiger partial charge in [-0.1, -0.05) is 12.8 Å². The van der Waals surface area contributed by atoms with Crippen LogP contribution in [0.15, 0.2) is 24.3 Å². The first-order chi connectivity index (χ1) is 11.8. The zero-order valence-corrected chi connectivity index (χ0v) is 15.5. The minimum Gasteiger partial charge on any atom is -0.418 e. The summed E-state index contributed by atoms with van der Waals surface area (Å²) >= 11 is 0. The van der Waals surface area contributed by atoms with Crippen LogP contribution in [0.4, 0.5) is 21.7 Å². The molecule has 2 aliphatic rings. The molecule has 0 aromatic heterocycles. The second-order valence-electron chi connectivity index (χ2n) is 7.13. The zero-order valence-electron chi connectivity index (χ0n) is 14.5. The Morgan fingerprint density at radius 1 is 0.680 bits per heavy atom. The van der Waals surface area contributed by atoms with E-state index < -0.39 is 15.2 Å². The Morgan fingerprint density at radius 2 is 1.04 bits per heavy atom. The van der Waals surface area contributed by atoms with Gasteiger partial charge < -0.3 is 17.3 Å². The fourth-order valence-corrected chi connectivity index (χ4v) is 8.50. The van der Waals surface area contributed by atoms with E-state index in [9.17, 15) is 21.7 Å². The molecular formula is C18H27BF5P. The van der Waals surface area contributed by atoms with Gasteiger partial charge in [0.25, 0.3) is 0 Å². The van der Waals surface area contributed by atoms with E-state index in [1.165, 1.54) is 69.5 Å². The van der Waals surface area contributed by atoms with Crippen molar-refractivity contribution in [3.8, 4) is 0 Å². The second-order valence-corrected chi connectivity index (χ2v) is 10.2. The molecule has 0 aliphatic heterocycles. The van der Waals surface area contributed by atoms with E-state index in [4.69, 9.17) is 0 Å². The van der Waals surface area contributed by atoms with Crippen LogP contribution in [0.1, 0.15) is 64.2 Å². The normalized spacial score (nSPS) is 20.2. The summed E-state index contributed by atoms with van der Waals surface area (Å²) in [6.45, 7) is 0. The van der Waals surface area contributed by atoms with Gasteiger partial charge in [-0.25, -0.2) is 4.39 Å². The largest absolute Gasteiger partial charge is 0.673 e. The van der Waals surface area contributed by atoms with Gasteiger partial charge in [0.15, 0.2) is 0 Å². The minimum absolute atomic E-state index is 0.0811. The van der Waals surface area contributed by atoms with Crippen LogP contribution in [0, 0.1) is 5.82 Å². The van der Waals surface area contributed by atoms with E-state index in [0.717, 1.165) is 11.3 Å². The first-order valence-electron chi connectivity index (χ1n) is 9.34. The van der Waals surface area contributed by atoms with Gasteiger partial charge in [-0.05, 0) is 75.6 Å². The van der Waals surface area contributed by atoms with Crippen molar-refractivity contribution < 1.29 is 21.7 Å². The third-order valence-corrected chi connectivity index (χ3v) is 9.18. The van der Waals surface area contributed by atoms with Crippen LogP contribution in [0.2, 0.25) is 0 Å². The highest BCUT2D eigenvalue weighted by Gasteiger charge is 2.38. The molecule has 0 N–H and O–H groups in total. The van der Waals surface area contributed by atoms with E-state index in [1.807, 2.05) is 0 Å². The predicted molar refractivity (Wildman–Crippen MR) is 98.3 cm³/mol. The molecule has 2 aliphatic carbocycles. The standard InChI is InChI=1S/C18H26FP.BF4/c19-15-11-13-18(14-12-15)20(16-7-3-1-4-8-16)17-9-5-2-6-10-17;2-1(3,4)5/h11-14,16-17H,1-10H2;/q;-1/p+1. The van der Waals surface area contributed by atoms with Crippen LogP contribution in [0.5, 0.6) is 0 Å². The summed E-state index contributed by atoms with van der Waals surface area (Å²) in [6, 6.07) is 7.58. The second kappa shape index (κ2) is 9.90. The third-order valence-electron chi connectivity index (χ3n) is 5.27. The Balaban J connectivity index is 0.000000399. The summed E-state index contributed by atoms with van der Waals surface area (Å²) in [5.74, 6) is -0.0811. The van der Waals surface area contributed by atoms with Crippen LogP contribution in [-0.2, 0) is 0 Å². The molecule has 1 aromatic carbocycles. The molecule has 0 saturated heterocycles. The van der Waals surface area contributed by atoms with Crippen LogP contribution in [-0.4, -0.2) is 18.6 Å². The van der Waals surface area contributed by atoms with Crippen molar-refractivity contribution >= 4 is 20.5 Å². The molecule has 1 aromatic rings. The van der Waals surface area contributed by atoms with Crippen molar-refractivity contribution in [3.05, 3.63) is 30.1 Å². The van der Waals surface area contributed by atoms with Gasteiger partial charge in [0.05, 0.1) is 16.6 Å². The van der Waals surface area contributed by atoms with E-state index >= 15 is 0 Å². The van der Waals surface area contributed by atoms with Crippen LogP contribution in [0.3, 0.4) is 0 Å². The molecule has 0 amide bonds. The Hall–Kier alpha value is -0.635. The van der Waals surface area contributed by atoms with Gasteiger partial charge in [0.1, 0.15) is 5.82 Å². The van der Waals surface area contributed by atoms with Crippen LogP contribution in [0.25, 0.3) is 0 Å². The molecule has 0 spiro atoms. The van der Waals surface area contributed by atoms with Crippen molar-refractivity contribution in [1.29, 1.82) is 0 Å². The lowest BCUT2D eigenvalue weighted by Gasteiger charge is -2.32. The Kier molecular flexibility index (Phi) is 8.18. The fraction of sp³-hybridized carbons (Fsp3) is 0.667. The van der Waals surface area contributed by atoms with Gasteiger partial charge in [-0.2, -0.15) is 0 Å². The molecule has 0 atom stereocenters. The molecule has 0 unspecified atom stereocenters. The maximum atomic E-state index is 13.2. The van der Waals surface area contributed by atoms with Crippen LogP contribution >= 0.6 is 7.92 Å². The fourth-order valence-electron chi connectivity index (χ4n) is 4.27. The summed E-state index contributed by atoms with van der Waals surface area (Å²) in [5, 5.41) is 1.51. The Labute approximate surface area is 148 Å². The number of rotatable bonds is 3. The highest BCUT2D eigenvalue weighted by Crippen LogP contribution is 2.54. The molecule has 2 saturated carbocycles. The lowest BCUT2D eigenvalue weighted by atomic mass is 9.99. The molecule has 25 heavy (non-hydrogen) atoms. The van der Waals surface area contributed by atoms with E-state index in [1.54, 1.807) is 12.1 Å². The zero-order chi connectivity index (χ0) is 18.3. The van der Waals surface area contributed by atoms with Crippen molar-refractivity contribution in [2.45, 2.75) is 75.5 Å². The molecule has 3 rings (SSSR count). The molecule has 0 heterocycles. The predicted octanol–water partition coefficient (Wildman–Crippen LogP) is 6.63. The number of benzene rings is 1. The summed E-state index contributed by atoms with van der Waals surface area (Å²) in [4.78, 5) is 0. The SMILES string of the molecule is F[B-](F)(F)F.Fc1ccc([PH+](C2CCCCC2)C2CCCCC2)cc1. The van der Waals surface area contributed by atoms with E-state index in [0.29, 0.717) is 0 Å². The molecule has 2 fully saturated rings. The smallest absolute Gasteiger partial charge is 0.418 e. The average molecular weight is 380 g/mol. The quantitative estimate of drug-likeness (QED) is 0.314. The molecule has 7 heteroatoms. The Bertz CT molecular complexity index is 469. The summed E-state index contributed by atoms with van der Waals surface area (Å²) < 4.78 is 52.2. The number of halogens is 5. The molecule has 0 nitrogen and oxygen atoms in total. The van der Waals surface area contributed by atoms with Crippen molar-refractivity contribution in [2.75, 3.05) is 0 Å². The van der Waals surface area contributed by atoms with Crippen molar-refractivity contribution in [3.63, 3.8) is 0 Å². The summed E-state index contributed by atoms with van der Waals surface area (Å²) in [6.07, 6.45) is 14.3. The maximum Gasteiger partial charge on any atom is 0.673 e.